The molecule has 6 nitrogen and oxygen atoms in total. The largest absolute Gasteiger partial charge is 1.00 e. The third-order valence-corrected chi connectivity index (χ3v) is 0. The van der Waals surface area contributed by atoms with E-state index in [1.54, 1.807) is 0 Å². The fraction of sp³-hybridized carbons (Fsp3) is 0. The number of rotatable bonds is 0. The summed E-state index contributed by atoms with van der Waals surface area (Å²) in [6.45, 7) is 0. The molecule has 0 aliphatic carbocycles. The Morgan fingerprint density at radius 1 is 0.250 bits per heavy atom. The summed E-state index contributed by atoms with van der Waals surface area (Å²) in [6.07, 6.45) is 0. The first-order valence-corrected chi connectivity index (χ1v) is 0. The third-order valence-electron chi connectivity index (χ3n) is 0. The van der Waals surface area contributed by atoms with E-state index in [1.165, 1.54) is 0 Å². The summed E-state index contributed by atoms with van der Waals surface area (Å²) in [6, 6.07) is 0. The molecule has 0 bridgehead atoms. The van der Waals surface area contributed by atoms with Gasteiger partial charge in [0.2, 0.25) is 0 Å². The van der Waals surface area contributed by atoms with Gasteiger partial charge in [-0.05, 0) is 0 Å². The molecule has 0 aromatic rings. The monoisotopic (exact) mass is 582 g/mol. The Morgan fingerprint density at radius 2 is 0.250 bits per heavy atom. The molecule has 16 heteroatoms. The molecule has 0 aromatic heterocycles. The summed E-state index contributed by atoms with van der Waals surface area (Å²) >= 11 is 0. The molecular weight excluding hydrogens is 570 g/mol. The Kier molecular flexibility index (Phi) is 17400. The zero-order chi connectivity index (χ0) is 0. The number of halogens is 8. The van der Waals surface area contributed by atoms with Gasteiger partial charge in [-0.3, -0.25) is 0 Å². The van der Waals surface area contributed by atoms with Crippen LogP contribution < -0.4 is 118 Å². The maximum absolute atomic E-state index is 0. The summed E-state index contributed by atoms with van der Waals surface area (Å²) < 4.78 is 0. The Morgan fingerprint density at radius 3 is 0.250 bits per heavy atom. The molecule has 18 N–H and O–H groups in total. The van der Waals surface area contributed by atoms with Gasteiger partial charge >= 0.3 is 0 Å². The van der Waals surface area contributed by atoms with E-state index in [0.29, 0.717) is 0 Å². The van der Waals surface area contributed by atoms with Crippen molar-refractivity contribution in [1.82, 2.24) is 18.5 Å². The Hall–Kier alpha value is 3.38. The van der Waals surface area contributed by atoms with E-state index >= 15 is 0 Å². The normalized spacial score (nSPS) is 0. The molecule has 0 spiro atoms. The predicted octanol–water partition coefficient (Wildman–Crippen LogP) is -25.3. The third kappa shape index (κ3) is 408. The van der Waals surface area contributed by atoms with Crippen LogP contribution in [0.1, 0.15) is 0 Å². The topological polar surface area (TPSA) is 204 Å². The van der Waals surface area contributed by atoms with Crippen LogP contribution in [0.25, 0.3) is 0 Å². The van der Waals surface area contributed by atoms with Gasteiger partial charge < -0.3 is 134 Å². The van der Waals surface area contributed by atoms with Crippen LogP contribution in [0.2, 0.25) is 0 Å². The maximum Gasteiger partial charge on any atom is 0 e. The van der Waals surface area contributed by atoms with Gasteiger partial charge in [-0.1, -0.05) is 0 Å². The summed E-state index contributed by atoms with van der Waals surface area (Å²) in [5.41, 5.74) is 0. The smallest absolute Gasteiger partial charge is 0 e. The van der Waals surface area contributed by atoms with E-state index in [1.807, 2.05) is 0 Å². The van der Waals surface area contributed by atoms with E-state index in [9.17, 15) is 0 Å². The van der Waals surface area contributed by atoms with Gasteiger partial charge in [-0.15, -0.1) is 0 Å². The number of hydrogen-bond acceptors (Lipinski definition) is 0. The van der Waals surface area contributed by atoms with Crippen molar-refractivity contribution >= 4 is 0 Å². The van der Waals surface area contributed by atoms with Crippen LogP contribution in [0.5, 0.6) is 0 Å². The van der Waals surface area contributed by atoms with Gasteiger partial charge in [0.1, 0.15) is 0 Å². The van der Waals surface area contributed by atoms with Gasteiger partial charge in [0.25, 0.3) is 0 Å². The van der Waals surface area contributed by atoms with Crippen LogP contribution in [0, 0.1) is 0 Å². The van der Waals surface area contributed by atoms with Crippen LogP contribution in [0.3, 0.4) is 0 Å². The van der Waals surface area contributed by atoms with Gasteiger partial charge in [-0.25, -0.2) is 0 Å². The van der Waals surface area contributed by atoms with Crippen molar-refractivity contribution in [2.75, 3.05) is 0 Å². The molecule has 0 fully saturated rings. The van der Waals surface area contributed by atoms with Crippen LogP contribution in [-0.4, -0.2) is 16.4 Å². The minimum absolute atomic E-state index is 0. The maximum atomic E-state index is 0. The fourth-order valence-corrected chi connectivity index (χ4v) is 0. The zero-order valence-corrected chi connectivity index (χ0v) is 18.0. The minimum atomic E-state index is 0. The van der Waals surface area contributed by atoms with Crippen molar-refractivity contribution < 1.29 is 156 Å². The predicted molar refractivity (Wildman–Crippen MR) is 28.8 cm³/mol. The first-order chi connectivity index (χ1) is 0. The van der Waals surface area contributed by atoms with Crippen molar-refractivity contribution in [3.05, 3.63) is 0 Å². The van der Waals surface area contributed by atoms with Gasteiger partial charge in [-0.2, -0.15) is 0 Å². The summed E-state index contributed by atoms with van der Waals surface area (Å²) in [4.78, 5) is 0. The number of quaternary nitrogens is 3. The fourth-order valence-electron chi connectivity index (χ4n) is 0. The molecule has 126 valence electrons. The Balaban J connectivity index is 0. The summed E-state index contributed by atoms with van der Waals surface area (Å²) in [5.74, 6) is 0. The molecule has 16 heavy (non-hydrogen) atoms. The van der Waals surface area contributed by atoms with Crippen molar-refractivity contribution in [3.8, 4) is 0 Å². The molecule has 0 aromatic carbocycles. The van der Waals surface area contributed by atoms with E-state index in [0.717, 1.165) is 0 Å². The molecule has 0 amide bonds. The zero-order valence-electron chi connectivity index (χ0n) is 8.28. The molecule has 0 rings (SSSR count). The second-order valence-electron chi connectivity index (χ2n) is 0. The van der Waals surface area contributed by atoms with E-state index in [4.69, 9.17) is 0 Å². The van der Waals surface area contributed by atoms with E-state index in [-0.39, 0.29) is 174 Å². The molecule has 0 heterocycles. The van der Waals surface area contributed by atoms with Gasteiger partial charge in [0.15, 0.2) is 0 Å². The molecule has 0 aliphatic heterocycles. The Labute approximate surface area is 172 Å². The van der Waals surface area contributed by atoms with Crippen molar-refractivity contribution in [3.63, 3.8) is 0 Å². The van der Waals surface area contributed by atoms with E-state index < -0.39 is 0 Å². The molecule has 0 saturated carbocycles. The first kappa shape index (κ1) is 573. The summed E-state index contributed by atoms with van der Waals surface area (Å²) in [7, 11) is 0. The van der Waals surface area contributed by atoms with Crippen LogP contribution in [-0.2, 0) is 40.2 Å². The number of hydrogen-bond donors (Lipinski definition) is 3. The van der Waals surface area contributed by atoms with Crippen LogP contribution in [0.15, 0.2) is 0 Å². The average Bonchev–Trinajstić information content (AvgIpc) is 0. The first-order valence-electron chi connectivity index (χ1n) is 0. The molecule has 0 atom stereocenters. The SMILES string of the molecule is O.O.O.[Cl-].[Cl-].[Cl-].[Cl-].[Cl-].[Cl-].[Cl-].[Cl-].[NH4+].[NH4+].[NH4+].[Tc].[Tc]. The van der Waals surface area contributed by atoms with E-state index in [2.05, 4.69) is 0 Å². The van der Waals surface area contributed by atoms with Gasteiger partial charge in [0, 0.05) is 40.2 Å². The van der Waals surface area contributed by atoms with Crippen molar-refractivity contribution in [2.45, 2.75) is 0 Å². The quantitative estimate of drug-likeness (QED) is 0.242. The molecular formula is H18Cl8N3O3Tc2-5. The van der Waals surface area contributed by atoms with Gasteiger partial charge in [0.05, 0.1) is 0 Å². The molecule has 2 radical (unpaired) electrons. The Bertz CT molecular complexity index is 28.5. The summed E-state index contributed by atoms with van der Waals surface area (Å²) in [5, 5.41) is 0. The van der Waals surface area contributed by atoms with Crippen molar-refractivity contribution in [1.29, 1.82) is 0 Å². The molecule has 0 saturated heterocycles. The van der Waals surface area contributed by atoms with Crippen LogP contribution in [0.4, 0.5) is 0 Å². The average molecular weight is 588 g/mol. The second kappa shape index (κ2) is 486. The van der Waals surface area contributed by atoms with Crippen molar-refractivity contribution in [2.24, 2.45) is 0 Å². The van der Waals surface area contributed by atoms with Crippen LogP contribution >= 0.6 is 0 Å². The minimum Gasteiger partial charge on any atom is -1.00 e. The molecule has 0 unspecified atom stereocenters. The second-order valence-corrected chi connectivity index (χ2v) is 0. The molecule has 0 aliphatic rings. The standard InChI is InChI=1S/8ClH.3H3N.3H2O.2Tc/h8*1H;3*1H3;3*1H2;;/p-5.